The molecule has 0 aliphatic carbocycles. The van der Waals surface area contributed by atoms with Crippen LogP contribution >= 0.6 is 0 Å². The highest BCUT2D eigenvalue weighted by Crippen LogP contribution is 2.00. The molecule has 0 saturated heterocycles. The Hall–Kier alpha value is -1.63. The molecule has 142 valence electrons. The van der Waals surface area contributed by atoms with Crippen LogP contribution < -0.4 is 5.32 Å². The van der Waals surface area contributed by atoms with Gasteiger partial charge in [-0.25, -0.2) is 4.79 Å². The summed E-state index contributed by atoms with van der Waals surface area (Å²) in [4.78, 5) is 11.5. The Morgan fingerprint density at radius 2 is 1.48 bits per heavy atom. The van der Waals surface area contributed by atoms with E-state index in [0.717, 1.165) is 31.4 Å². The number of alkyl carbamates (subject to hydrolysis) is 1. The summed E-state index contributed by atoms with van der Waals surface area (Å²) in [5.41, 5.74) is 0.969. The zero-order chi connectivity index (χ0) is 18.0. The minimum absolute atomic E-state index is 0.280. The standard InChI is InChI=1S/C19H31NO5/c1-2-3-11-22-13-15-24-16-14-23-12-7-10-20-19(21)25-17-18-8-5-4-6-9-18/h4-6,8-9H,2-3,7,10-17H2,1H3,(H,20,21). The number of amides is 1. The van der Waals surface area contributed by atoms with Gasteiger partial charge in [-0.15, -0.1) is 0 Å². The van der Waals surface area contributed by atoms with E-state index >= 15 is 0 Å². The highest BCUT2D eigenvalue weighted by Gasteiger charge is 2.01. The van der Waals surface area contributed by atoms with E-state index in [4.69, 9.17) is 18.9 Å². The number of hydrogen-bond acceptors (Lipinski definition) is 5. The average molecular weight is 353 g/mol. The third-order valence-electron chi connectivity index (χ3n) is 3.33. The molecule has 0 fully saturated rings. The third-order valence-corrected chi connectivity index (χ3v) is 3.33. The van der Waals surface area contributed by atoms with Gasteiger partial charge in [0, 0.05) is 19.8 Å². The van der Waals surface area contributed by atoms with E-state index in [2.05, 4.69) is 12.2 Å². The van der Waals surface area contributed by atoms with Gasteiger partial charge in [0.05, 0.1) is 26.4 Å². The van der Waals surface area contributed by atoms with Crippen molar-refractivity contribution < 1.29 is 23.7 Å². The first-order chi connectivity index (χ1) is 12.3. The fourth-order valence-corrected chi connectivity index (χ4v) is 1.93. The number of nitrogens with one attached hydrogen (secondary N) is 1. The summed E-state index contributed by atoms with van der Waals surface area (Å²) in [5, 5.41) is 2.70. The van der Waals surface area contributed by atoms with E-state index < -0.39 is 6.09 Å². The maximum absolute atomic E-state index is 11.5. The normalized spacial score (nSPS) is 10.6. The lowest BCUT2D eigenvalue weighted by Crippen LogP contribution is -2.26. The predicted octanol–water partition coefficient (Wildman–Crippen LogP) is 3.15. The van der Waals surface area contributed by atoms with E-state index in [1.807, 2.05) is 30.3 Å². The van der Waals surface area contributed by atoms with Gasteiger partial charge in [-0.05, 0) is 18.4 Å². The van der Waals surface area contributed by atoms with Crippen molar-refractivity contribution in [2.45, 2.75) is 32.8 Å². The number of benzene rings is 1. The molecule has 1 aromatic rings. The second-order valence-electron chi connectivity index (χ2n) is 5.53. The number of unbranched alkanes of at least 4 members (excludes halogenated alkanes) is 1. The lowest BCUT2D eigenvalue weighted by atomic mass is 10.2. The van der Waals surface area contributed by atoms with Gasteiger partial charge in [0.15, 0.2) is 0 Å². The Balaban J connectivity index is 1.80. The number of carbonyl (C=O) groups is 1. The molecule has 6 heteroatoms. The van der Waals surface area contributed by atoms with Crippen LogP contribution in [0.15, 0.2) is 30.3 Å². The molecular weight excluding hydrogens is 322 g/mol. The lowest BCUT2D eigenvalue weighted by Gasteiger charge is -2.08. The van der Waals surface area contributed by atoms with Crippen molar-refractivity contribution in [3.63, 3.8) is 0 Å². The lowest BCUT2D eigenvalue weighted by molar-refractivity contribution is 0.0137. The molecule has 1 aromatic carbocycles. The Labute approximate surface area is 150 Å². The molecule has 25 heavy (non-hydrogen) atoms. The SMILES string of the molecule is CCCCOCCOCCOCCCNC(=O)OCc1ccccc1. The summed E-state index contributed by atoms with van der Waals surface area (Å²) < 4.78 is 21.3. The van der Waals surface area contributed by atoms with Gasteiger partial charge in [0.25, 0.3) is 0 Å². The summed E-state index contributed by atoms with van der Waals surface area (Å²) in [6.45, 7) is 6.67. The quantitative estimate of drug-likeness (QED) is 0.491. The highest BCUT2D eigenvalue weighted by molar-refractivity contribution is 5.67. The van der Waals surface area contributed by atoms with Crippen molar-refractivity contribution in [2.75, 3.05) is 46.2 Å². The fraction of sp³-hybridized carbons (Fsp3) is 0.632. The van der Waals surface area contributed by atoms with Gasteiger partial charge in [-0.3, -0.25) is 0 Å². The van der Waals surface area contributed by atoms with E-state index in [0.29, 0.717) is 39.6 Å². The Kier molecular flexibility index (Phi) is 13.6. The topological polar surface area (TPSA) is 66.0 Å². The second kappa shape index (κ2) is 15.9. The maximum Gasteiger partial charge on any atom is 0.407 e. The molecule has 1 rings (SSSR count). The van der Waals surface area contributed by atoms with Gasteiger partial charge in [0.1, 0.15) is 6.61 Å². The summed E-state index contributed by atoms with van der Waals surface area (Å²) in [6, 6.07) is 9.59. The first-order valence-corrected chi connectivity index (χ1v) is 9.00. The predicted molar refractivity (Wildman–Crippen MR) is 96.6 cm³/mol. The third kappa shape index (κ3) is 13.3. The van der Waals surface area contributed by atoms with Crippen LogP contribution in [0.25, 0.3) is 0 Å². The molecule has 0 saturated carbocycles. The van der Waals surface area contributed by atoms with Crippen molar-refractivity contribution in [3.8, 4) is 0 Å². The molecule has 0 aliphatic heterocycles. The molecule has 0 unspecified atom stereocenters. The van der Waals surface area contributed by atoms with E-state index in [1.54, 1.807) is 0 Å². The number of carbonyl (C=O) groups excluding carboxylic acids is 1. The average Bonchev–Trinajstić information content (AvgIpc) is 2.64. The summed E-state index contributed by atoms with van der Waals surface area (Å²) in [5.74, 6) is 0. The van der Waals surface area contributed by atoms with E-state index in [1.165, 1.54) is 0 Å². The number of hydrogen-bond donors (Lipinski definition) is 1. The molecule has 0 spiro atoms. The van der Waals surface area contributed by atoms with Gasteiger partial charge < -0.3 is 24.3 Å². The molecule has 0 aromatic heterocycles. The number of ether oxygens (including phenoxy) is 4. The van der Waals surface area contributed by atoms with Crippen LogP contribution in [0.5, 0.6) is 0 Å². The first-order valence-electron chi connectivity index (χ1n) is 9.00. The smallest absolute Gasteiger partial charge is 0.407 e. The van der Waals surface area contributed by atoms with Crippen molar-refractivity contribution >= 4 is 6.09 Å². The minimum atomic E-state index is -0.407. The number of rotatable bonds is 15. The molecule has 0 atom stereocenters. The Morgan fingerprint density at radius 3 is 2.12 bits per heavy atom. The van der Waals surface area contributed by atoms with Crippen LogP contribution in [0, 0.1) is 0 Å². The summed E-state index contributed by atoms with van der Waals surface area (Å²) in [6.07, 6.45) is 2.57. The summed E-state index contributed by atoms with van der Waals surface area (Å²) >= 11 is 0. The van der Waals surface area contributed by atoms with Gasteiger partial charge in [-0.1, -0.05) is 43.7 Å². The van der Waals surface area contributed by atoms with Crippen LogP contribution in [0.3, 0.4) is 0 Å². The highest BCUT2D eigenvalue weighted by atomic mass is 16.6. The molecule has 1 N–H and O–H groups in total. The molecular formula is C19H31NO5. The second-order valence-corrected chi connectivity index (χ2v) is 5.53. The van der Waals surface area contributed by atoms with Crippen LogP contribution in [-0.2, 0) is 25.6 Å². The van der Waals surface area contributed by atoms with Crippen LogP contribution in [0.2, 0.25) is 0 Å². The molecule has 0 bridgehead atoms. The molecule has 0 radical (unpaired) electrons. The van der Waals surface area contributed by atoms with Crippen molar-refractivity contribution in [1.82, 2.24) is 5.32 Å². The molecule has 0 heterocycles. The largest absolute Gasteiger partial charge is 0.445 e. The van der Waals surface area contributed by atoms with E-state index in [9.17, 15) is 4.79 Å². The summed E-state index contributed by atoms with van der Waals surface area (Å²) in [7, 11) is 0. The van der Waals surface area contributed by atoms with E-state index in [-0.39, 0.29) is 6.61 Å². The maximum atomic E-state index is 11.5. The molecule has 0 aliphatic rings. The van der Waals surface area contributed by atoms with Crippen LogP contribution in [-0.4, -0.2) is 52.3 Å². The van der Waals surface area contributed by atoms with Gasteiger partial charge in [-0.2, -0.15) is 0 Å². The van der Waals surface area contributed by atoms with Gasteiger partial charge in [0.2, 0.25) is 0 Å². The Bertz CT molecular complexity index is 427. The van der Waals surface area contributed by atoms with Crippen molar-refractivity contribution in [2.24, 2.45) is 0 Å². The van der Waals surface area contributed by atoms with Crippen molar-refractivity contribution in [1.29, 1.82) is 0 Å². The zero-order valence-corrected chi connectivity index (χ0v) is 15.2. The molecule has 1 amide bonds. The first kappa shape index (κ1) is 21.4. The van der Waals surface area contributed by atoms with Crippen LogP contribution in [0.4, 0.5) is 4.79 Å². The van der Waals surface area contributed by atoms with Crippen molar-refractivity contribution in [3.05, 3.63) is 35.9 Å². The van der Waals surface area contributed by atoms with Crippen LogP contribution in [0.1, 0.15) is 31.7 Å². The fourth-order valence-electron chi connectivity index (χ4n) is 1.93. The molecule has 6 nitrogen and oxygen atoms in total. The minimum Gasteiger partial charge on any atom is -0.445 e. The monoisotopic (exact) mass is 353 g/mol. The Morgan fingerprint density at radius 1 is 0.880 bits per heavy atom. The van der Waals surface area contributed by atoms with Gasteiger partial charge >= 0.3 is 6.09 Å². The zero-order valence-electron chi connectivity index (χ0n) is 15.2.